The molecule has 0 spiro atoms. The van der Waals surface area contributed by atoms with Crippen LogP contribution in [0.2, 0.25) is 0 Å². The van der Waals surface area contributed by atoms with E-state index in [0.29, 0.717) is 6.42 Å². The predicted molar refractivity (Wildman–Crippen MR) is 103 cm³/mol. The van der Waals surface area contributed by atoms with Crippen LogP contribution in [0.5, 0.6) is 0 Å². The van der Waals surface area contributed by atoms with Crippen molar-refractivity contribution in [3.8, 4) is 0 Å². The third-order valence-electron chi connectivity index (χ3n) is 4.64. The average molecular weight is 363 g/mol. The molecule has 0 radical (unpaired) electrons. The van der Waals surface area contributed by atoms with Gasteiger partial charge in [0.05, 0.1) is 18.6 Å². The largest absolute Gasteiger partial charge is 0.469 e. The third kappa shape index (κ3) is 14.1. The summed E-state index contributed by atoms with van der Waals surface area (Å²) in [4.78, 5) is 11.0. The maximum Gasteiger partial charge on any atom is 0.305 e. The number of carbonyl (C=O) groups excluding carboxylic acids is 1. The summed E-state index contributed by atoms with van der Waals surface area (Å²) in [6.45, 7) is 2.25. The van der Waals surface area contributed by atoms with Crippen molar-refractivity contribution in [1.82, 2.24) is 0 Å². The van der Waals surface area contributed by atoms with E-state index in [4.69, 9.17) is 16.3 Å². The van der Waals surface area contributed by atoms with E-state index in [1.165, 1.54) is 52.1 Å². The number of esters is 1. The first-order valence-electron chi connectivity index (χ1n) is 9.89. The van der Waals surface area contributed by atoms with E-state index in [2.05, 4.69) is 11.7 Å². The van der Waals surface area contributed by atoms with E-state index in [9.17, 15) is 4.79 Å². The van der Waals surface area contributed by atoms with Crippen molar-refractivity contribution < 1.29 is 14.3 Å². The monoisotopic (exact) mass is 362 g/mol. The zero-order valence-corrected chi connectivity index (χ0v) is 16.9. The van der Waals surface area contributed by atoms with Gasteiger partial charge in [-0.3, -0.25) is 4.79 Å². The number of hydrogen-bond donors (Lipinski definition) is 0. The molecule has 2 unspecified atom stereocenters. The molecular weight excluding hydrogens is 324 g/mol. The van der Waals surface area contributed by atoms with Crippen molar-refractivity contribution in [2.45, 2.75) is 108 Å². The quantitative estimate of drug-likeness (QED) is 0.174. The first-order valence-corrected chi connectivity index (χ1v) is 10.3. The number of methoxy groups -OCH3 is 2. The average Bonchev–Trinajstić information content (AvgIpc) is 2.59. The molecule has 0 rings (SSSR count). The smallest absolute Gasteiger partial charge is 0.305 e. The topological polar surface area (TPSA) is 35.5 Å². The van der Waals surface area contributed by atoms with Crippen LogP contribution < -0.4 is 0 Å². The highest BCUT2D eigenvalue weighted by Crippen LogP contribution is 2.21. The minimum atomic E-state index is -0.103. The molecule has 0 aliphatic carbocycles. The van der Waals surface area contributed by atoms with Gasteiger partial charge in [-0.2, -0.15) is 0 Å². The van der Waals surface area contributed by atoms with Crippen molar-refractivity contribution in [1.29, 1.82) is 0 Å². The summed E-state index contributed by atoms with van der Waals surface area (Å²) in [5.41, 5.74) is 0. The second-order valence-corrected chi connectivity index (χ2v) is 7.29. The fraction of sp³-hybridized carbons (Fsp3) is 0.950. The highest BCUT2D eigenvalue weighted by molar-refractivity contribution is 6.21. The molecule has 24 heavy (non-hydrogen) atoms. The molecule has 0 N–H and O–H groups in total. The molecule has 0 aliphatic heterocycles. The van der Waals surface area contributed by atoms with Crippen LogP contribution in [0.15, 0.2) is 0 Å². The van der Waals surface area contributed by atoms with Gasteiger partial charge in [-0.1, -0.05) is 71.1 Å². The summed E-state index contributed by atoms with van der Waals surface area (Å²) < 4.78 is 10.2. The highest BCUT2D eigenvalue weighted by Gasteiger charge is 2.17. The van der Waals surface area contributed by atoms with Crippen molar-refractivity contribution in [3.63, 3.8) is 0 Å². The third-order valence-corrected chi connectivity index (χ3v) is 5.14. The van der Waals surface area contributed by atoms with E-state index in [-0.39, 0.29) is 17.5 Å². The summed E-state index contributed by atoms with van der Waals surface area (Å²) in [5.74, 6) is -0.103. The highest BCUT2D eigenvalue weighted by atomic mass is 35.5. The Morgan fingerprint density at radius 1 is 0.833 bits per heavy atom. The summed E-state index contributed by atoms with van der Waals surface area (Å²) in [5, 5.41) is 0.139. The predicted octanol–water partition coefficient (Wildman–Crippen LogP) is 6.26. The molecule has 3 nitrogen and oxygen atoms in total. The van der Waals surface area contributed by atoms with Gasteiger partial charge in [-0.25, -0.2) is 0 Å². The maximum atomic E-state index is 11.0. The minimum Gasteiger partial charge on any atom is -0.469 e. The van der Waals surface area contributed by atoms with Gasteiger partial charge in [-0.05, 0) is 19.3 Å². The Balaban J connectivity index is 3.57. The van der Waals surface area contributed by atoms with E-state index in [1.807, 2.05) is 0 Å². The van der Waals surface area contributed by atoms with Crippen LogP contribution in [0.4, 0.5) is 0 Å². The van der Waals surface area contributed by atoms with Gasteiger partial charge in [-0.15, -0.1) is 11.6 Å². The van der Waals surface area contributed by atoms with Crippen molar-refractivity contribution in [2.24, 2.45) is 0 Å². The lowest BCUT2D eigenvalue weighted by molar-refractivity contribution is -0.140. The number of unbranched alkanes of at least 4 members (excludes halogenated alkanes) is 9. The van der Waals surface area contributed by atoms with Gasteiger partial charge in [0, 0.05) is 13.5 Å². The molecule has 0 bridgehead atoms. The van der Waals surface area contributed by atoms with E-state index in [0.717, 1.165) is 38.5 Å². The van der Waals surface area contributed by atoms with Crippen LogP contribution >= 0.6 is 11.6 Å². The lowest BCUT2D eigenvalue weighted by Gasteiger charge is -2.21. The SMILES string of the molecule is CCCCCCCCC(Cl)C(CCCCCCCC(=O)OC)OC. The standard InChI is InChI=1S/C20H39ClO3/c1-4-5-6-7-9-12-15-18(21)19(23-2)16-13-10-8-11-14-17-20(22)24-3/h18-19H,4-17H2,1-3H3. The molecule has 0 saturated heterocycles. The first kappa shape index (κ1) is 23.7. The number of halogens is 1. The van der Waals surface area contributed by atoms with Gasteiger partial charge < -0.3 is 9.47 Å². The molecule has 0 saturated carbocycles. The number of alkyl halides is 1. The number of hydrogen-bond acceptors (Lipinski definition) is 3. The van der Waals surface area contributed by atoms with Crippen LogP contribution in [0.25, 0.3) is 0 Å². The second-order valence-electron chi connectivity index (χ2n) is 6.73. The number of rotatable bonds is 17. The van der Waals surface area contributed by atoms with Crippen molar-refractivity contribution in [2.75, 3.05) is 14.2 Å². The molecule has 0 fully saturated rings. The molecule has 0 aromatic carbocycles. The Morgan fingerprint density at radius 3 is 1.96 bits per heavy atom. The van der Waals surface area contributed by atoms with Crippen LogP contribution in [0.1, 0.15) is 96.8 Å². The molecule has 0 amide bonds. The Hall–Kier alpha value is -0.280. The summed E-state index contributed by atoms with van der Waals surface area (Å²) in [6.07, 6.45) is 16.2. The Kier molecular flexibility index (Phi) is 17.3. The summed E-state index contributed by atoms with van der Waals surface area (Å²) in [6, 6.07) is 0. The van der Waals surface area contributed by atoms with Crippen LogP contribution in [0, 0.1) is 0 Å². The van der Waals surface area contributed by atoms with E-state index in [1.54, 1.807) is 7.11 Å². The van der Waals surface area contributed by atoms with Crippen LogP contribution in [-0.2, 0) is 14.3 Å². The molecule has 4 heteroatoms. The number of ether oxygens (including phenoxy) is 2. The van der Waals surface area contributed by atoms with Gasteiger partial charge in [0.25, 0.3) is 0 Å². The lowest BCUT2D eigenvalue weighted by Crippen LogP contribution is -2.23. The molecule has 0 heterocycles. The van der Waals surface area contributed by atoms with Gasteiger partial charge in [0.1, 0.15) is 0 Å². The Bertz CT molecular complexity index is 284. The summed E-state index contributed by atoms with van der Waals surface area (Å²) in [7, 11) is 3.22. The maximum absolute atomic E-state index is 11.0. The van der Waals surface area contributed by atoms with E-state index >= 15 is 0 Å². The zero-order valence-electron chi connectivity index (χ0n) is 16.2. The fourth-order valence-corrected chi connectivity index (χ4v) is 3.38. The zero-order chi connectivity index (χ0) is 18.0. The van der Waals surface area contributed by atoms with Crippen molar-refractivity contribution >= 4 is 17.6 Å². The minimum absolute atomic E-state index is 0.103. The van der Waals surface area contributed by atoms with Crippen LogP contribution in [-0.4, -0.2) is 31.7 Å². The van der Waals surface area contributed by atoms with E-state index < -0.39 is 0 Å². The second kappa shape index (κ2) is 17.5. The van der Waals surface area contributed by atoms with Gasteiger partial charge in [0.2, 0.25) is 0 Å². The molecule has 144 valence electrons. The Labute approximate surface area is 154 Å². The van der Waals surface area contributed by atoms with Gasteiger partial charge >= 0.3 is 5.97 Å². The lowest BCUT2D eigenvalue weighted by atomic mass is 10.0. The Morgan fingerprint density at radius 2 is 1.38 bits per heavy atom. The molecule has 0 aromatic heterocycles. The molecule has 2 atom stereocenters. The molecular formula is C20H39ClO3. The van der Waals surface area contributed by atoms with Gasteiger partial charge in [0.15, 0.2) is 0 Å². The normalized spacial score (nSPS) is 13.7. The molecule has 0 aliphatic rings. The number of carbonyl (C=O) groups is 1. The van der Waals surface area contributed by atoms with Crippen LogP contribution in [0.3, 0.4) is 0 Å². The molecule has 0 aromatic rings. The first-order chi connectivity index (χ1) is 11.7. The fourth-order valence-electron chi connectivity index (χ4n) is 3.00. The van der Waals surface area contributed by atoms with Crippen molar-refractivity contribution in [3.05, 3.63) is 0 Å². The summed E-state index contributed by atoms with van der Waals surface area (Å²) >= 11 is 6.52.